The van der Waals surface area contributed by atoms with Gasteiger partial charge in [-0.15, -0.1) is 0 Å². The lowest BCUT2D eigenvalue weighted by atomic mass is 10.2. The third-order valence-electron chi connectivity index (χ3n) is 2.69. The molecule has 0 aliphatic heterocycles. The molecule has 0 spiro atoms. The summed E-state index contributed by atoms with van der Waals surface area (Å²) in [5.41, 5.74) is 4.51. The van der Waals surface area contributed by atoms with E-state index in [1.165, 1.54) is 0 Å². The summed E-state index contributed by atoms with van der Waals surface area (Å²) >= 11 is 9.34. The van der Waals surface area contributed by atoms with Crippen molar-refractivity contribution < 1.29 is 9.47 Å². The van der Waals surface area contributed by atoms with E-state index in [9.17, 15) is 0 Å². The number of benzene rings is 2. The number of hydrogen-bond acceptors (Lipinski definition) is 4. The van der Waals surface area contributed by atoms with Crippen LogP contribution in [-0.4, -0.2) is 20.4 Å². The molecule has 0 bridgehead atoms. The molecule has 21 heavy (non-hydrogen) atoms. The average molecular weight is 370 g/mol. The summed E-state index contributed by atoms with van der Waals surface area (Å²) in [6.07, 6.45) is 1.66. The highest BCUT2D eigenvalue weighted by Gasteiger charge is 2.10. The zero-order chi connectivity index (χ0) is 15.2. The largest absolute Gasteiger partial charge is 0.493 e. The van der Waals surface area contributed by atoms with Crippen LogP contribution in [0.25, 0.3) is 0 Å². The summed E-state index contributed by atoms with van der Waals surface area (Å²) in [5, 5.41) is 4.84. The highest BCUT2D eigenvalue weighted by Crippen LogP contribution is 2.33. The van der Waals surface area contributed by atoms with Crippen molar-refractivity contribution in [3.63, 3.8) is 0 Å². The van der Waals surface area contributed by atoms with Crippen LogP contribution >= 0.6 is 27.5 Å². The fraction of sp³-hybridized carbons (Fsp3) is 0.133. The molecule has 0 atom stereocenters. The normalized spacial score (nSPS) is 10.7. The molecule has 0 saturated carbocycles. The second-order valence-corrected chi connectivity index (χ2v) is 5.46. The van der Waals surface area contributed by atoms with Crippen LogP contribution in [0.5, 0.6) is 11.5 Å². The summed E-state index contributed by atoms with van der Waals surface area (Å²) in [6, 6.07) is 11.0. The number of methoxy groups -OCH3 is 2. The molecule has 0 aromatic heterocycles. The Morgan fingerprint density at radius 2 is 2.00 bits per heavy atom. The topological polar surface area (TPSA) is 42.8 Å². The highest BCUT2D eigenvalue weighted by molar-refractivity contribution is 9.10. The molecule has 0 unspecified atom stereocenters. The zero-order valence-corrected chi connectivity index (χ0v) is 13.9. The molecule has 2 aromatic rings. The van der Waals surface area contributed by atoms with Gasteiger partial charge in [-0.25, -0.2) is 0 Å². The van der Waals surface area contributed by atoms with Gasteiger partial charge in [-0.1, -0.05) is 33.6 Å². The van der Waals surface area contributed by atoms with Crippen LogP contribution in [0.15, 0.2) is 46.0 Å². The first-order chi connectivity index (χ1) is 10.1. The minimum atomic E-state index is 0.623. The van der Waals surface area contributed by atoms with Crippen molar-refractivity contribution in [3.05, 3.63) is 51.5 Å². The van der Waals surface area contributed by atoms with Gasteiger partial charge in [0.15, 0.2) is 11.5 Å². The van der Waals surface area contributed by atoms with Gasteiger partial charge in [0, 0.05) is 15.1 Å². The van der Waals surface area contributed by atoms with Gasteiger partial charge in [0.2, 0.25) is 0 Å². The van der Waals surface area contributed by atoms with E-state index in [2.05, 4.69) is 26.5 Å². The predicted molar refractivity (Wildman–Crippen MR) is 89.9 cm³/mol. The second kappa shape index (κ2) is 7.33. The number of ether oxygens (including phenoxy) is 2. The van der Waals surface area contributed by atoms with E-state index in [1.54, 1.807) is 32.6 Å². The van der Waals surface area contributed by atoms with Crippen LogP contribution in [0, 0.1) is 0 Å². The molecule has 0 amide bonds. The van der Waals surface area contributed by atoms with E-state index in [4.69, 9.17) is 21.1 Å². The van der Waals surface area contributed by atoms with Crippen molar-refractivity contribution in [2.75, 3.05) is 19.6 Å². The number of halogens is 2. The molecule has 6 heteroatoms. The monoisotopic (exact) mass is 368 g/mol. The fourth-order valence-corrected chi connectivity index (χ4v) is 2.43. The van der Waals surface area contributed by atoms with Crippen molar-refractivity contribution >= 4 is 39.4 Å². The van der Waals surface area contributed by atoms with Gasteiger partial charge in [-0.3, -0.25) is 5.43 Å². The second-order valence-electron chi connectivity index (χ2n) is 4.11. The molecule has 0 aliphatic rings. The molecular formula is C15H14BrClN2O2. The van der Waals surface area contributed by atoms with Gasteiger partial charge in [0.1, 0.15) is 0 Å². The number of nitrogens with one attached hydrogen (secondary N) is 1. The first kappa shape index (κ1) is 15.7. The van der Waals surface area contributed by atoms with E-state index < -0.39 is 0 Å². The van der Waals surface area contributed by atoms with E-state index in [1.807, 2.05) is 24.3 Å². The molecule has 2 aromatic carbocycles. The first-order valence-corrected chi connectivity index (χ1v) is 7.27. The Balaban J connectivity index is 2.22. The van der Waals surface area contributed by atoms with Gasteiger partial charge in [0.25, 0.3) is 0 Å². The average Bonchev–Trinajstić information content (AvgIpc) is 2.46. The lowest BCUT2D eigenvalue weighted by Crippen LogP contribution is -1.97. The molecule has 4 nitrogen and oxygen atoms in total. The van der Waals surface area contributed by atoms with E-state index >= 15 is 0 Å². The van der Waals surface area contributed by atoms with Crippen LogP contribution in [0.4, 0.5) is 5.69 Å². The molecule has 0 fully saturated rings. The van der Waals surface area contributed by atoms with Crippen LogP contribution in [-0.2, 0) is 0 Å². The van der Waals surface area contributed by atoms with Crippen LogP contribution in [0.2, 0.25) is 5.02 Å². The van der Waals surface area contributed by atoms with Gasteiger partial charge < -0.3 is 9.47 Å². The Morgan fingerprint density at radius 3 is 2.67 bits per heavy atom. The number of hydrogen-bond donors (Lipinski definition) is 1. The van der Waals surface area contributed by atoms with Gasteiger partial charge in [-0.05, 0) is 30.3 Å². The first-order valence-electron chi connectivity index (χ1n) is 6.10. The number of anilines is 1. The molecule has 0 heterocycles. The van der Waals surface area contributed by atoms with Gasteiger partial charge in [-0.2, -0.15) is 5.10 Å². The third kappa shape index (κ3) is 4.12. The minimum Gasteiger partial charge on any atom is -0.493 e. The molecule has 0 saturated heterocycles. The molecule has 0 radical (unpaired) electrons. The highest BCUT2D eigenvalue weighted by atomic mass is 79.9. The van der Waals surface area contributed by atoms with E-state index in [-0.39, 0.29) is 0 Å². The Kier molecular flexibility index (Phi) is 5.47. The molecule has 1 N–H and O–H groups in total. The van der Waals surface area contributed by atoms with E-state index in [0.717, 1.165) is 15.7 Å². The molecular weight excluding hydrogens is 356 g/mol. The minimum absolute atomic E-state index is 0.623. The maximum atomic E-state index is 5.91. The van der Waals surface area contributed by atoms with Crippen LogP contribution < -0.4 is 14.9 Å². The summed E-state index contributed by atoms with van der Waals surface area (Å²) in [7, 11) is 3.18. The molecule has 0 aliphatic carbocycles. The summed E-state index contributed by atoms with van der Waals surface area (Å²) in [4.78, 5) is 0. The van der Waals surface area contributed by atoms with Crippen molar-refractivity contribution in [1.29, 1.82) is 0 Å². The van der Waals surface area contributed by atoms with Crippen LogP contribution in [0.1, 0.15) is 5.56 Å². The van der Waals surface area contributed by atoms with Crippen molar-refractivity contribution in [3.8, 4) is 11.5 Å². The Hall–Kier alpha value is -1.72. The standard InChI is InChI=1S/C15H14BrClN2O2/c1-20-14-7-11(16)6-10(15(14)21-2)9-18-19-13-5-3-4-12(17)8-13/h3-9,19H,1-2H3. The fourth-order valence-electron chi connectivity index (χ4n) is 1.79. The zero-order valence-electron chi connectivity index (χ0n) is 11.6. The quantitative estimate of drug-likeness (QED) is 0.620. The summed E-state index contributed by atoms with van der Waals surface area (Å²) in [5.74, 6) is 1.26. The predicted octanol–water partition coefficient (Wildman–Crippen LogP) is 4.57. The van der Waals surface area contributed by atoms with Crippen molar-refractivity contribution in [1.82, 2.24) is 0 Å². The van der Waals surface area contributed by atoms with E-state index in [0.29, 0.717) is 16.5 Å². The third-order valence-corrected chi connectivity index (χ3v) is 3.39. The lowest BCUT2D eigenvalue weighted by molar-refractivity contribution is 0.354. The SMILES string of the molecule is COc1cc(Br)cc(C=NNc2cccc(Cl)c2)c1OC. The molecule has 110 valence electrons. The molecule has 2 rings (SSSR count). The smallest absolute Gasteiger partial charge is 0.169 e. The van der Waals surface area contributed by atoms with Gasteiger partial charge >= 0.3 is 0 Å². The maximum absolute atomic E-state index is 5.91. The Labute approximate surface area is 136 Å². The maximum Gasteiger partial charge on any atom is 0.169 e. The Bertz CT molecular complexity index is 662. The van der Waals surface area contributed by atoms with Crippen molar-refractivity contribution in [2.24, 2.45) is 5.10 Å². The number of hydrazone groups is 1. The van der Waals surface area contributed by atoms with Crippen molar-refractivity contribution in [2.45, 2.75) is 0 Å². The lowest BCUT2D eigenvalue weighted by Gasteiger charge is -2.10. The summed E-state index contributed by atoms with van der Waals surface area (Å²) < 4.78 is 11.5. The number of nitrogens with zero attached hydrogens (tertiary/aromatic N) is 1. The van der Waals surface area contributed by atoms with Gasteiger partial charge in [0.05, 0.1) is 26.1 Å². The van der Waals surface area contributed by atoms with Crippen LogP contribution in [0.3, 0.4) is 0 Å². The number of rotatable bonds is 5. The Morgan fingerprint density at radius 1 is 1.19 bits per heavy atom. The summed E-state index contributed by atoms with van der Waals surface area (Å²) in [6.45, 7) is 0.